The van der Waals surface area contributed by atoms with Crippen molar-refractivity contribution in [3.63, 3.8) is 0 Å². The maximum atomic E-state index is 5.90. The highest BCUT2D eigenvalue weighted by molar-refractivity contribution is 5.52. The van der Waals surface area contributed by atoms with E-state index in [-0.39, 0.29) is 0 Å². The van der Waals surface area contributed by atoms with E-state index in [1.54, 1.807) is 0 Å². The van der Waals surface area contributed by atoms with Crippen LogP contribution in [0.2, 0.25) is 0 Å². The molecule has 4 nitrogen and oxygen atoms in total. The lowest BCUT2D eigenvalue weighted by molar-refractivity contribution is 0.110. The molecule has 2 aromatic rings. The summed E-state index contributed by atoms with van der Waals surface area (Å²) in [5, 5.41) is 0. The van der Waals surface area contributed by atoms with E-state index in [0.717, 1.165) is 23.4 Å². The molecule has 1 unspecified atom stereocenters. The predicted octanol–water partition coefficient (Wildman–Crippen LogP) is 2.72. The van der Waals surface area contributed by atoms with Crippen molar-refractivity contribution >= 4 is 11.2 Å². The fraction of sp³-hybridized carbons (Fsp3) is 0.562. The molecule has 20 heavy (non-hydrogen) atoms. The van der Waals surface area contributed by atoms with Crippen molar-refractivity contribution in [1.82, 2.24) is 14.3 Å². The summed E-state index contributed by atoms with van der Waals surface area (Å²) in [5.74, 6) is 1.13. The zero-order chi connectivity index (χ0) is 14.1. The number of imidazole rings is 1. The number of hydrogen-bond acceptors (Lipinski definition) is 3. The van der Waals surface area contributed by atoms with Gasteiger partial charge in [-0.3, -0.25) is 4.90 Å². The maximum absolute atomic E-state index is 5.90. The number of likely N-dealkylation sites (tertiary alicyclic amines) is 1. The molecule has 2 aromatic heterocycles. The molecule has 0 spiro atoms. The summed E-state index contributed by atoms with van der Waals surface area (Å²) in [6, 6.07) is 5.18. The summed E-state index contributed by atoms with van der Waals surface area (Å²) in [6.07, 6.45) is 8.87. The van der Waals surface area contributed by atoms with Crippen LogP contribution in [0, 0.1) is 0 Å². The summed E-state index contributed by atoms with van der Waals surface area (Å²) in [7, 11) is 0. The highest BCUT2D eigenvalue weighted by Crippen LogP contribution is 2.23. The van der Waals surface area contributed by atoms with Crippen molar-refractivity contribution < 1.29 is 0 Å². The molecule has 3 heterocycles. The number of fused-ring (bicyclic) bond motifs is 1. The van der Waals surface area contributed by atoms with E-state index in [4.69, 9.17) is 5.73 Å². The minimum atomic E-state index is 0.607. The Morgan fingerprint density at radius 1 is 1.35 bits per heavy atom. The van der Waals surface area contributed by atoms with Gasteiger partial charge >= 0.3 is 0 Å². The van der Waals surface area contributed by atoms with Crippen molar-refractivity contribution in [2.24, 2.45) is 0 Å². The quantitative estimate of drug-likeness (QED) is 0.934. The molecule has 3 rings (SSSR count). The Balaban J connectivity index is 1.86. The second kappa shape index (κ2) is 5.44. The summed E-state index contributed by atoms with van der Waals surface area (Å²) >= 11 is 0. The van der Waals surface area contributed by atoms with Gasteiger partial charge in [-0.15, -0.1) is 0 Å². The molecule has 0 radical (unpaired) electrons. The summed E-state index contributed by atoms with van der Waals surface area (Å²) < 4.78 is 2.14. The molecule has 108 valence electrons. The first-order valence-corrected chi connectivity index (χ1v) is 7.62. The molecule has 1 saturated heterocycles. The maximum Gasteiger partial charge on any atom is 0.114 e. The molecule has 0 aromatic carbocycles. The van der Waals surface area contributed by atoms with Crippen LogP contribution in [-0.4, -0.2) is 32.9 Å². The van der Waals surface area contributed by atoms with Crippen molar-refractivity contribution in [2.75, 3.05) is 12.3 Å². The number of piperidine rings is 1. The van der Waals surface area contributed by atoms with Crippen LogP contribution in [-0.2, 0) is 6.42 Å². The fourth-order valence-electron chi connectivity index (χ4n) is 3.34. The minimum absolute atomic E-state index is 0.607. The lowest BCUT2D eigenvalue weighted by Gasteiger charge is -2.38. The van der Waals surface area contributed by atoms with E-state index in [1.807, 2.05) is 24.5 Å². The molecule has 0 saturated carbocycles. The molecule has 1 aliphatic rings. The topological polar surface area (TPSA) is 46.6 Å². The second-order valence-electron chi connectivity index (χ2n) is 6.12. The average molecular weight is 272 g/mol. The van der Waals surface area contributed by atoms with Crippen molar-refractivity contribution in [1.29, 1.82) is 0 Å². The highest BCUT2D eigenvalue weighted by Gasteiger charge is 2.25. The fourth-order valence-corrected chi connectivity index (χ4v) is 3.34. The molecule has 1 fully saturated rings. The van der Waals surface area contributed by atoms with Gasteiger partial charge in [0.1, 0.15) is 5.82 Å². The Bertz CT molecular complexity index is 587. The number of rotatable bonds is 3. The SMILES string of the molecule is CC(C)N1CCCCC1Cc1ncc2ccc(N)cn12. The van der Waals surface area contributed by atoms with Crippen molar-refractivity contribution in [2.45, 2.75) is 51.6 Å². The number of nitrogens with two attached hydrogens (primary N) is 1. The normalized spacial score (nSPS) is 20.9. The van der Waals surface area contributed by atoms with Crippen LogP contribution in [0.3, 0.4) is 0 Å². The Labute approximate surface area is 120 Å². The standard InChI is InChI=1S/C16H24N4/c1-12(2)19-8-4-3-5-14(19)9-16-18-10-15-7-6-13(17)11-20(15)16/h6-7,10-12,14H,3-5,8-9,17H2,1-2H3. The third-order valence-electron chi connectivity index (χ3n) is 4.38. The molecule has 0 bridgehead atoms. The van der Waals surface area contributed by atoms with Crippen molar-refractivity contribution in [3.8, 4) is 0 Å². The predicted molar refractivity (Wildman–Crippen MR) is 82.8 cm³/mol. The third-order valence-corrected chi connectivity index (χ3v) is 4.38. The van der Waals surface area contributed by atoms with Crippen LogP contribution < -0.4 is 5.73 Å². The van der Waals surface area contributed by atoms with Gasteiger partial charge in [0, 0.05) is 30.4 Å². The summed E-state index contributed by atoms with van der Waals surface area (Å²) in [4.78, 5) is 7.23. The summed E-state index contributed by atoms with van der Waals surface area (Å²) in [5.41, 5.74) is 7.82. The van der Waals surface area contributed by atoms with Gasteiger partial charge in [0.15, 0.2) is 0 Å². The number of nitrogens with zero attached hydrogens (tertiary/aromatic N) is 3. The molecule has 2 N–H and O–H groups in total. The molecule has 1 atom stereocenters. The minimum Gasteiger partial charge on any atom is -0.398 e. The number of aromatic nitrogens is 2. The molecular formula is C16H24N4. The first kappa shape index (κ1) is 13.4. The van der Waals surface area contributed by atoms with Crippen LogP contribution in [0.25, 0.3) is 5.52 Å². The van der Waals surface area contributed by atoms with E-state index in [0.29, 0.717) is 12.1 Å². The van der Waals surface area contributed by atoms with E-state index >= 15 is 0 Å². The van der Waals surface area contributed by atoms with Gasteiger partial charge in [0.05, 0.1) is 11.7 Å². The van der Waals surface area contributed by atoms with E-state index < -0.39 is 0 Å². The van der Waals surface area contributed by atoms with Crippen LogP contribution >= 0.6 is 0 Å². The van der Waals surface area contributed by atoms with Gasteiger partial charge in [-0.05, 0) is 45.4 Å². The first-order valence-electron chi connectivity index (χ1n) is 7.62. The number of nitrogen functional groups attached to an aromatic ring is 1. The summed E-state index contributed by atoms with van der Waals surface area (Å²) in [6.45, 7) is 5.80. The van der Waals surface area contributed by atoms with Gasteiger partial charge in [0.2, 0.25) is 0 Å². The van der Waals surface area contributed by atoms with Gasteiger partial charge in [-0.25, -0.2) is 4.98 Å². The zero-order valence-corrected chi connectivity index (χ0v) is 12.4. The zero-order valence-electron chi connectivity index (χ0n) is 12.4. The number of pyridine rings is 1. The third kappa shape index (κ3) is 2.52. The smallest absolute Gasteiger partial charge is 0.114 e. The molecule has 0 amide bonds. The van der Waals surface area contributed by atoms with E-state index in [2.05, 4.69) is 28.1 Å². The number of anilines is 1. The Hall–Kier alpha value is -1.55. The average Bonchev–Trinajstić information content (AvgIpc) is 2.82. The Morgan fingerprint density at radius 3 is 3.00 bits per heavy atom. The van der Waals surface area contributed by atoms with E-state index in [1.165, 1.54) is 25.8 Å². The van der Waals surface area contributed by atoms with Gasteiger partial charge in [-0.1, -0.05) is 6.42 Å². The first-order chi connectivity index (χ1) is 9.65. The van der Waals surface area contributed by atoms with Crippen LogP contribution in [0.1, 0.15) is 38.9 Å². The van der Waals surface area contributed by atoms with Crippen molar-refractivity contribution in [3.05, 3.63) is 30.4 Å². The molecule has 0 aliphatic carbocycles. The molecule has 1 aliphatic heterocycles. The van der Waals surface area contributed by atoms with Gasteiger partial charge in [0.25, 0.3) is 0 Å². The van der Waals surface area contributed by atoms with E-state index in [9.17, 15) is 0 Å². The Morgan fingerprint density at radius 2 is 2.20 bits per heavy atom. The molecular weight excluding hydrogens is 248 g/mol. The largest absolute Gasteiger partial charge is 0.398 e. The highest BCUT2D eigenvalue weighted by atomic mass is 15.2. The van der Waals surface area contributed by atoms with Gasteiger partial charge < -0.3 is 10.1 Å². The second-order valence-corrected chi connectivity index (χ2v) is 6.12. The lowest BCUT2D eigenvalue weighted by atomic mass is 9.97. The number of hydrogen-bond donors (Lipinski definition) is 1. The molecule has 4 heteroatoms. The lowest BCUT2D eigenvalue weighted by Crippen LogP contribution is -2.45. The van der Waals surface area contributed by atoms with Gasteiger partial charge in [-0.2, -0.15) is 0 Å². The van der Waals surface area contributed by atoms with Crippen LogP contribution in [0.15, 0.2) is 24.5 Å². The Kier molecular flexibility index (Phi) is 3.66. The van der Waals surface area contributed by atoms with Crippen LogP contribution in [0.5, 0.6) is 0 Å². The van der Waals surface area contributed by atoms with Crippen LogP contribution in [0.4, 0.5) is 5.69 Å². The monoisotopic (exact) mass is 272 g/mol.